The summed E-state index contributed by atoms with van der Waals surface area (Å²) >= 11 is 10.7. The lowest BCUT2D eigenvalue weighted by Gasteiger charge is -2.09. The minimum Gasteiger partial charge on any atom is -0.493 e. The van der Waals surface area contributed by atoms with Gasteiger partial charge in [0.05, 0.1) is 22.1 Å². The highest BCUT2D eigenvalue weighted by Gasteiger charge is 2.18. The molecule has 2 aromatic rings. The number of ketones is 1. The van der Waals surface area contributed by atoms with Crippen LogP contribution in [0.2, 0.25) is 5.02 Å². The third-order valence-electron chi connectivity index (χ3n) is 2.31. The summed E-state index contributed by atoms with van der Waals surface area (Å²) in [5.41, 5.74) is 0.524. The molecular weight excluding hydrogens is 336 g/mol. The molecule has 1 heterocycles. The molecule has 2 rings (SSSR count). The second-order valence-corrected chi connectivity index (χ2v) is 5.74. The molecule has 0 atom stereocenters. The van der Waals surface area contributed by atoms with Gasteiger partial charge in [0.15, 0.2) is 0 Å². The van der Waals surface area contributed by atoms with Crippen molar-refractivity contribution in [1.29, 1.82) is 0 Å². The van der Waals surface area contributed by atoms with Gasteiger partial charge in [0.1, 0.15) is 5.75 Å². The van der Waals surface area contributed by atoms with Crippen molar-refractivity contribution in [2.45, 2.75) is 6.92 Å². The second-order valence-electron chi connectivity index (χ2n) is 3.50. The van der Waals surface area contributed by atoms with Gasteiger partial charge in [0, 0.05) is 4.47 Å². The van der Waals surface area contributed by atoms with Gasteiger partial charge in [-0.15, -0.1) is 11.3 Å². The fourth-order valence-electron chi connectivity index (χ4n) is 1.54. The Morgan fingerprint density at radius 1 is 1.44 bits per heavy atom. The highest BCUT2D eigenvalue weighted by molar-refractivity contribution is 9.10. The number of carbonyl (C=O) groups excluding carboxylic acids is 1. The first kappa shape index (κ1) is 13.6. The monoisotopic (exact) mass is 344 g/mol. The maximum atomic E-state index is 12.4. The van der Waals surface area contributed by atoms with Gasteiger partial charge in [0.25, 0.3) is 0 Å². The summed E-state index contributed by atoms with van der Waals surface area (Å²) in [6.45, 7) is 2.40. The summed E-state index contributed by atoms with van der Waals surface area (Å²) in [5.74, 6) is 0.468. The third-order valence-corrected chi connectivity index (χ3v) is 4.14. The molecule has 0 saturated heterocycles. The van der Waals surface area contributed by atoms with Gasteiger partial charge in [-0.25, -0.2) is 0 Å². The van der Waals surface area contributed by atoms with E-state index in [9.17, 15) is 4.79 Å². The van der Waals surface area contributed by atoms with Gasteiger partial charge < -0.3 is 4.74 Å². The number of rotatable bonds is 4. The average molecular weight is 346 g/mol. The van der Waals surface area contributed by atoms with Crippen LogP contribution in [0.15, 0.2) is 34.1 Å². The summed E-state index contributed by atoms with van der Waals surface area (Å²) in [7, 11) is 0. The first-order chi connectivity index (χ1) is 8.63. The lowest BCUT2D eigenvalue weighted by Crippen LogP contribution is -2.04. The van der Waals surface area contributed by atoms with Crippen LogP contribution >= 0.6 is 38.9 Å². The van der Waals surface area contributed by atoms with E-state index in [1.54, 1.807) is 23.6 Å². The molecule has 0 N–H and O–H groups in total. The zero-order chi connectivity index (χ0) is 13.1. The maximum Gasteiger partial charge on any atom is 0.208 e. The maximum absolute atomic E-state index is 12.4. The zero-order valence-electron chi connectivity index (χ0n) is 9.57. The molecule has 0 bridgehead atoms. The van der Waals surface area contributed by atoms with E-state index >= 15 is 0 Å². The number of ether oxygens (including phenoxy) is 1. The molecule has 0 unspecified atom stereocenters. The van der Waals surface area contributed by atoms with E-state index in [4.69, 9.17) is 16.3 Å². The summed E-state index contributed by atoms with van der Waals surface area (Å²) in [6, 6.07) is 7.10. The summed E-state index contributed by atoms with van der Waals surface area (Å²) in [5, 5.41) is 2.28. The van der Waals surface area contributed by atoms with Gasteiger partial charge in [-0.05, 0) is 36.6 Å². The molecule has 0 aliphatic carbocycles. The van der Waals surface area contributed by atoms with E-state index in [-0.39, 0.29) is 5.78 Å². The quantitative estimate of drug-likeness (QED) is 0.744. The first-order valence-corrected chi connectivity index (χ1v) is 7.38. The van der Waals surface area contributed by atoms with Crippen LogP contribution in [-0.4, -0.2) is 12.4 Å². The Morgan fingerprint density at radius 3 is 2.83 bits per heavy atom. The molecule has 94 valence electrons. The van der Waals surface area contributed by atoms with Gasteiger partial charge in [0.2, 0.25) is 5.78 Å². The van der Waals surface area contributed by atoms with Crippen molar-refractivity contribution in [3.05, 3.63) is 49.6 Å². The number of thiophene rings is 1. The van der Waals surface area contributed by atoms with Crippen LogP contribution in [0.4, 0.5) is 0 Å². The lowest BCUT2D eigenvalue weighted by molar-refractivity contribution is 0.103. The Balaban J connectivity index is 2.46. The fourth-order valence-corrected chi connectivity index (χ4v) is 3.00. The number of hydrogen-bond acceptors (Lipinski definition) is 3. The highest BCUT2D eigenvalue weighted by Crippen LogP contribution is 2.30. The van der Waals surface area contributed by atoms with Gasteiger partial charge in [-0.3, -0.25) is 4.79 Å². The van der Waals surface area contributed by atoms with Crippen molar-refractivity contribution in [3.63, 3.8) is 0 Å². The number of benzene rings is 1. The first-order valence-electron chi connectivity index (χ1n) is 5.33. The van der Waals surface area contributed by atoms with Gasteiger partial charge in [-0.1, -0.05) is 27.5 Å². The Hall–Kier alpha value is -0.840. The van der Waals surface area contributed by atoms with E-state index in [2.05, 4.69) is 15.9 Å². The van der Waals surface area contributed by atoms with E-state index in [1.165, 1.54) is 11.3 Å². The van der Waals surface area contributed by atoms with Crippen LogP contribution in [0, 0.1) is 0 Å². The summed E-state index contributed by atoms with van der Waals surface area (Å²) in [6.07, 6.45) is 0. The molecule has 1 aromatic carbocycles. The molecule has 1 aromatic heterocycles. The Morgan fingerprint density at radius 2 is 2.22 bits per heavy atom. The number of halogens is 2. The second kappa shape index (κ2) is 5.87. The molecule has 0 fully saturated rings. The smallest absolute Gasteiger partial charge is 0.208 e. The van der Waals surface area contributed by atoms with Crippen LogP contribution in [0.25, 0.3) is 0 Å². The van der Waals surface area contributed by atoms with Crippen LogP contribution in [0.3, 0.4) is 0 Å². The standard InChI is InChI=1S/C13H10BrClO2S/c1-2-17-11-4-3-8(14)7-9(11)12(16)13-10(15)5-6-18-13/h3-7H,2H2,1H3. The van der Waals surface area contributed by atoms with E-state index < -0.39 is 0 Å². The fraction of sp³-hybridized carbons (Fsp3) is 0.154. The molecule has 18 heavy (non-hydrogen) atoms. The van der Waals surface area contributed by atoms with E-state index in [1.807, 2.05) is 13.0 Å². The molecular formula is C13H10BrClO2S. The van der Waals surface area contributed by atoms with E-state index in [0.717, 1.165) is 4.47 Å². The highest BCUT2D eigenvalue weighted by atomic mass is 79.9. The molecule has 0 amide bonds. The van der Waals surface area contributed by atoms with Crippen molar-refractivity contribution in [2.24, 2.45) is 0 Å². The summed E-state index contributed by atoms with van der Waals surface area (Å²) < 4.78 is 6.31. The molecule has 0 radical (unpaired) electrons. The van der Waals surface area contributed by atoms with Crippen molar-refractivity contribution in [2.75, 3.05) is 6.61 Å². The van der Waals surface area contributed by atoms with Crippen LogP contribution in [0.1, 0.15) is 22.2 Å². The molecule has 0 aliphatic rings. The van der Waals surface area contributed by atoms with Gasteiger partial charge in [-0.2, -0.15) is 0 Å². The van der Waals surface area contributed by atoms with Gasteiger partial charge >= 0.3 is 0 Å². The summed E-state index contributed by atoms with van der Waals surface area (Å²) in [4.78, 5) is 12.9. The predicted octanol–water partition coefficient (Wildman–Crippen LogP) is 4.79. The Kier molecular flexibility index (Phi) is 4.43. The van der Waals surface area contributed by atoms with Crippen molar-refractivity contribution in [1.82, 2.24) is 0 Å². The SMILES string of the molecule is CCOc1ccc(Br)cc1C(=O)c1sccc1Cl. The number of carbonyl (C=O) groups is 1. The van der Waals surface area contributed by atoms with Crippen molar-refractivity contribution in [3.8, 4) is 5.75 Å². The average Bonchev–Trinajstić information content (AvgIpc) is 2.77. The third kappa shape index (κ3) is 2.76. The lowest BCUT2D eigenvalue weighted by atomic mass is 10.1. The molecule has 2 nitrogen and oxygen atoms in total. The van der Waals surface area contributed by atoms with Crippen LogP contribution in [0.5, 0.6) is 5.75 Å². The largest absolute Gasteiger partial charge is 0.493 e. The molecule has 5 heteroatoms. The Bertz CT molecular complexity index is 580. The zero-order valence-corrected chi connectivity index (χ0v) is 12.7. The van der Waals surface area contributed by atoms with Crippen LogP contribution in [-0.2, 0) is 0 Å². The molecule has 0 saturated carbocycles. The molecule has 0 aliphatic heterocycles. The topological polar surface area (TPSA) is 26.3 Å². The van der Waals surface area contributed by atoms with E-state index in [0.29, 0.717) is 27.8 Å². The normalized spacial score (nSPS) is 10.4. The van der Waals surface area contributed by atoms with Crippen molar-refractivity contribution < 1.29 is 9.53 Å². The van der Waals surface area contributed by atoms with Crippen molar-refractivity contribution >= 4 is 44.7 Å². The predicted molar refractivity (Wildman–Crippen MR) is 78.1 cm³/mol. The molecule has 0 spiro atoms. The minimum absolute atomic E-state index is 0.111. The van der Waals surface area contributed by atoms with Crippen LogP contribution < -0.4 is 4.74 Å². The number of hydrogen-bond donors (Lipinski definition) is 0. The Labute approximate surface area is 123 Å². The minimum atomic E-state index is -0.111.